The number of alkyl halides is 3. The van der Waals surface area contributed by atoms with Crippen molar-refractivity contribution < 1.29 is 37.4 Å². The summed E-state index contributed by atoms with van der Waals surface area (Å²) in [7, 11) is 1.55. The van der Waals surface area contributed by atoms with Crippen LogP contribution in [0, 0.1) is 6.92 Å². The topological polar surface area (TPSA) is 109 Å². The van der Waals surface area contributed by atoms with Crippen LogP contribution in [0.25, 0.3) is 0 Å². The molecule has 2 aromatic carbocycles. The monoisotopic (exact) mass is 583 g/mol. The van der Waals surface area contributed by atoms with Crippen LogP contribution in [0.3, 0.4) is 0 Å². The lowest BCUT2D eigenvalue weighted by Crippen LogP contribution is -2.38. The van der Waals surface area contributed by atoms with Gasteiger partial charge >= 0.3 is 6.18 Å². The number of piperidine rings is 1. The number of hydrogen-bond acceptors (Lipinski definition) is 5. The quantitative estimate of drug-likeness (QED) is 0.355. The normalized spacial score (nSPS) is 16.1. The fraction of sp³-hybridized carbons (Fsp3) is 0.355. The maximum atomic E-state index is 13.1. The van der Waals surface area contributed by atoms with E-state index >= 15 is 0 Å². The van der Waals surface area contributed by atoms with E-state index in [-0.39, 0.29) is 18.3 Å². The van der Waals surface area contributed by atoms with E-state index in [0.29, 0.717) is 54.5 Å². The average molecular weight is 584 g/mol. The number of halogens is 3. The molecule has 0 radical (unpaired) electrons. The van der Waals surface area contributed by atoms with Crippen molar-refractivity contribution in [3.8, 4) is 5.88 Å². The number of hydrogen-bond donors (Lipinski definition) is 2. The van der Waals surface area contributed by atoms with E-state index in [0.717, 1.165) is 36.1 Å². The Morgan fingerprint density at radius 2 is 1.67 bits per heavy atom. The summed E-state index contributed by atoms with van der Waals surface area (Å²) in [6.45, 7) is 2.89. The van der Waals surface area contributed by atoms with Crippen LogP contribution >= 0.6 is 0 Å². The minimum Gasteiger partial charge on any atom is -0.483 e. The van der Waals surface area contributed by atoms with Gasteiger partial charge in [-0.25, -0.2) is 4.98 Å². The van der Waals surface area contributed by atoms with Crippen LogP contribution in [0.4, 0.5) is 18.9 Å². The molecule has 1 saturated heterocycles. The van der Waals surface area contributed by atoms with Crippen LogP contribution in [-0.2, 0) is 21.2 Å². The predicted octanol–water partition coefficient (Wildman–Crippen LogP) is 5.81. The van der Waals surface area contributed by atoms with Gasteiger partial charge in [0.1, 0.15) is 0 Å². The first-order valence-corrected chi connectivity index (χ1v) is 13.5. The largest absolute Gasteiger partial charge is 0.483 e. The molecule has 5 rings (SSSR count). The van der Waals surface area contributed by atoms with Gasteiger partial charge in [0.15, 0.2) is 0 Å². The summed E-state index contributed by atoms with van der Waals surface area (Å²) < 4.78 is 43.9. The fourth-order valence-corrected chi connectivity index (χ4v) is 5.33. The number of aromatic nitrogens is 1. The summed E-state index contributed by atoms with van der Waals surface area (Å²) in [5.74, 6) is 0.574. The van der Waals surface area contributed by atoms with Crippen LogP contribution in [0.15, 0.2) is 60.8 Å². The van der Waals surface area contributed by atoms with Crippen LogP contribution in [0.1, 0.15) is 64.2 Å². The van der Waals surface area contributed by atoms with Crippen molar-refractivity contribution in [2.45, 2.75) is 50.1 Å². The van der Waals surface area contributed by atoms with Gasteiger partial charge in [-0.2, -0.15) is 13.2 Å². The fourth-order valence-electron chi connectivity index (χ4n) is 5.33. The maximum Gasteiger partial charge on any atom is 0.416 e. The average Bonchev–Trinajstić information content (AvgIpc) is 3.80. The number of pyridine rings is 1. The Bertz CT molecular complexity index is 1410. The van der Waals surface area contributed by atoms with Crippen molar-refractivity contribution in [2.75, 3.05) is 25.5 Å². The minimum absolute atomic E-state index is 0.0354. The molecule has 2 N–H and O–H groups in total. The molecule has 11 heteroatoms. The highest BCUT2D eigenvalue weighted by Crippen LogP contribution is 2.49. The highest BCUT2D eigenvalue weighted by Gasteiger charge is 2.51. The second kappa shape index (κ2) is 12.6. The van der Waals surface area contributed by atoms with Gasteiger partial charge in [-0.15, -0.1) is 0 Å². The number of anilines is 1. The van der Waals surface area contributed by atoms with Crippen molar-refractivity contribution in [1.29, 1.82) is 0 Å². The summed E-state index contributed by atoms with van der Waals surface area (Å²) in [5, 5.41) is 9.83. The highest BCUT2D eigenvalue weighted by molar-refractivity contribution is 6.01. The van der Waals surface area contributed by atoms with Gasteiger partial charge in [0.25, 0.3) is 12.4 Å². The number of nitrogens with one attached hydrogen (secondary N) is 1. The molecule has 0 unspecified atom stereocenters. The van der Waals surface area contributed by atoms with Gasteiger partial charge in [0, 0.05) is 30.5 Å². The number of methoxy groups -OCH3 is 1. The molecule has 2 fully saturated rings. The third-order valence-electron chi connectivity index (χ3n) is 7.84. The second-order valence-electron chi connectivity index (χ2n) is 10.5. The number of carbonyl (C=O) groups excluding carboxylic acids is 2. The Morgan fingerprint density at radius 3 is 2.17 bits per heavy atom. The van der Waals surface area contributed by atoms with Crippen LogP contribution < -0.4 is 10.1 Å². The minimum atomic E-state index is -4.40. The molecule has 1 aliphatic carbocycles. The zero-order valence-electron chi connectivity index (χ0n) is 23.3. The lowest BCUT2D eigenvalue weighted by atomic mass is 9.89. The first kappa shape index (κ1) is 30.5. The molecule has 0 atom stereocenters. The number of aryl methyl sites for hydroxylation is 1. The van der Waals surface area contributed by atoms with E-state index in [9.17, 15) is 22.8 Å². The number of benzene rings is 2. The molecule has 1 saturated carbocycles. The molecule has 2 amide bonds. The molecule has 1 aliphatic heterocycles. The number of ether oxygens (including phenoxy) is 1. The van der Waals surface area contributed by atoms with Gasteiger partial charge in [-0.1, -0.05) is 24.3 Å². The molecule has 1 aromatic heterocycles. The first-order chi connectivity index (χ1) is 20.0. The Balaban J connectivity index is 0.00000129. The van der Waals surface area contributed by atoms with E-state index in [1.807, 2.05) is 36.1 Å². The highest BCUT2D eigenvalue weighted by atomic mass is 19.4. The van der Waals surface area contributed by atoms with Crippen molar-refractivity contribution in [3.63, 3.8) is 0 Å². The molecule has 222 valence electrons. The van der Waals surface area contributed by atoms with Crippen molar-refractivity contribution in [3.05, 3.63) is 88.6 Å². The summed E-state index contributed by atoms with van der Waals surface area (Å²) in [6.07, 6.45) is 0.0146. The number of rotatable bonds is 6. The SMILES string of the molecule is COc1ncc(C(=O)N2CCC(c3ccc(NC(=O)C4(c5ccc(C(F)(F)F)cc5)CC4)cc3)CC2)cc1C.O=CO. The first-order valence-electron chi connectivity index (χ1n) is 13.5. The van der Waals surface area contributed by atoms with Gasteiger partial charge in [0.2, 0.25) is 11.8 Å². The zero-order chi connectivity index (χ0) is 30.5. The molecular formula is C31H32F3N3O5. The van der Waals surface area contributed by atoms with E-state index < -0.39 is 17.2 Å². The van der Waals surface area contributed by atoms with Gasteiger partial charge in [-0.05, 0) is 80.0 Å². The number of carbonyl (C=O) groups is 3. The number of carboxylic acid groups (broad SMARTS) is 1. The molecule has 0 bridgehead atoms. The van der Waals surface area contributed by atoms with Crippen LogP contribution in [0.2, 0.25) is 0 Å². The Hall–Kier alpha value is -4.41. The molecule has 2 heterocycles. The standard InChI is InChI=1S/C30H30F3N3O3.CH2O2/c1-19-17-22(18-34-26(19)39-2)27(37)36-15-11-21(12-16-36)20-3-9-25(10-4-20)35-28(38)29(13-14-29)23-5-7-24(8-6-23)30(31,32)33;2-1-3/h3-10,17-18,21H,11-16H2,1-2H3,(H,35,38);1H,(H,2,3). The van der Waals surface area contributed by atoms with Gasteiger partial charge in [-0.3, -0.25) is 14.4 Å². The van der Waals surface area contributed by atoms with Crippen molar-refractivity contribution >= 4 is 24.0 Å². The maximum absolute atomic E-state index is 13.1. The lowest BCUT2D eigenvalue weighted by molar-refractivity contribution is -0.137. The Morgan fingerprint density at radius 1 is 1.07 bits per heavy atom. The summed E-state index contributed by atoms with van der Waals surface area (Å²) in [4.78, 5) is 40.4. The molecule has 42 heavy (non-hydrogen) atoms. The van der Waals surface area contributed by atoms with Gasteiger partial charge < -0.3 is 20.1 Å². The molecule has 3 aromatic rings. The van der Waals surface area contributed by atoms with E-state index in [4.69, 9.17) is 14.6 Å². The zero-order valence-corrected chi connectivity index (χ0v) is 23.3. The van der Waals surface area contributed by atoms with Gasteiger partial charge in [0.05, 0.1) is 23.7 Å². The number of nitrogens with zero attached hydrogens (tertiary/aromatic N) is 2. The molecule has 0 spiro atoms. The lowest BCUT2D eigenvalue weighted by Gasteiger charge is -2.32. The van der Waals surface area contributed by atoms with Crippen LogP contribution in [-0.4, -0.2) is 53.5 Å². The molecule has 8 nitrogen and oxygen atoms in total. The van der Waals surface area contributed by atoms with E-state index in [1.54, 1.807) is 19.4 Å². The molecular weight excluding hydrogens is 551 g/mol. The number of likely N-dealkylation sites (tertiary alicyclic amines) is 1. The molecule has 2 aliphatic rings. The Kier molecular flexibility index (Phi) is 9.18. The van der Waals surface area contributed by atoms with Crippen molar-refractivity contribution in [2.24, 2.45) is 0 Å². The van der Waals surface area contributed by atoms with Crippen molar-refractivity contribution in [1.82, 2.24) is 9.88 Å². The second-order valence-corrected chi connectivity index (χ2v) is 10.5. The van der Waals surface area contributed by atoms with E-state index in [1.165, 1.54) is 12.1 Å². The predicted molar refractivity (Wildman–Crippen MR) is 150 cm³/mol. The van der Waals surface area contributed by atoms with E-state index in [2.05, 4.69) is 10.3 Å². The smallest absolute Gasteiger partial charge is 0.416 e. The summed E-state index contributed by atoms with van der Waals surface area (Å²) in [6, 6.07) is 14.4. The van der Waals surface area contributed by atoms with Crippen LogP contribution in [0.5, 0.6) is 5.88 Å². The third-order valence-corrected chi connectivity index (χ3v) is 7.84. The summed E-state index contributed by atoms with van der Waals surface area (Å²) in [5.41, 5.74) is 2.27. The Labute approximate surface area is 241 Å². The number of amides is 2. The third kappa shape index (κ3) is 6.72. The summed E-state index contributed by atoms with van der Waals surface area (Å²) >= 11 is 0.